The average molecular weight is 352 g/mol. The second kappa shape index (κ2) is 6.18. The molecule has 112 valence electrons. The van der Waals surface area contributed by atoms with Gasteiger partial charge < -0.3 is 5.32 Å². The van der Waals surface area contributed by atoms with E-state index in [0.717, 1.165) is 53.8 Å². The van der Waals surface area contributed by atoms with Gasteiger partial charge in [-0.25, -0.2) is 9.07 Å². The lowest BCUT2D eigenvalue weighted by molar-refractivity contribution is 0.474. The molecule has 1 atom stereocenters. The van der Waals surface area contributed by atoms with Gasteiger partial charge in [0.1, 0.15) is 11.6 Å². The van der Waals surface area contributed by atoms with Crippen LogP contribution in [-0.4, -0.2) is 16.3 Å². The fraction of sp³-hybridized carbons (Fsp3) is 0.438. The molecular formula is C16H19BrFN3. The van der Waals surface area contributed by atoms with Gasteiger partial charge in [0.05, 0.1) is 16.2 Å². The lowest BCUT2D eigenvalue weighted by Crippen LogP contribution is -2.24. The van der Waals surface area contributed by atoms with Gasteiger partial charge in [-0.05, 0) is 52.9 Å². The second-order valence-electron chi connectivity index (χ2n) is 5.44. The van der Waals surface area contributed by atoms with Crippen LogP contribution in [0.1, 0.15) is 43.5 Å². The van der Waals surface area contributed by atoms with Crippen LogP contribution in [0.25, 0.3) is 0 Å². The van der Waals surface area contributed by atoms with E-state index in [-0.39, 0.29) is 11.9 Å². The molecule has 0 saturated carbocycles. The first-order valence-corrected chi connectivity index (χ1v) is 8.26. The summed E-state index contributed by atoms with van der Waals surface area (Å²) in [5.41, 5.74) is 2.07. The van der Waals surface area contributed by atoms with Gasteiger partial charge in [0, 0.05) is 6.54 Å². The molecular weight excluding hydrogens is 333 g/mol. The Kier molecular flexibility index (Phi) is 4.29. The Morgan fingerprint density at radius 3 is 3.10 bits per heavy atom. The van der Waals surface area contributed by atoms with Crippen LogP contribution in [0.2, 0.25) is 0 Å². The number of hydrogen-bond donors (Lipinski definition) is 1. The Hall–Kier alpha value is -1.36. The summed E-state index contributed by atoms with van der Waals surface area (Å²) < 4.78 is 16.6. The maximum atomic E-state index is 13.5. The molecule has 5 heteroatoms. The summed E-state index contributed by atoms with van der Waals surface area (Å²) >= 11 is 3.66. The summed E-state index contributed by atoms with van der Waals surface area (Å²) in [7, 11) is 0. The summed E-state index contributed by atoms with van der Waals surface area (Å²) in [6.07, 6.45) is 4.15. The number of hydrogen-bond acceptors (Lipinski definition) is 2. The highest BCUT2D eigenvalue weighted by Gasteiger charge is 2.26. The number of aromatic nitrogens is 2. The van der Waals surface area contributed by atoms with Crippen molar-refractivity contribution in [3.8, 4) is 0 Å². The molecule has 1 aromatic carbocycles. The molecule has 0 amide bonds. The quantitative estimate of drug-likeness (QED) is 0.876. The monoisotopic (exact) mass is 351 g/mol. The topological polar surface area (TPSA) is 29.9 Å². The van der Waals surface area contributed by atoms with Crippen LogP contribution in [0.5, 0.6) is 0 Å². The van der Waals surface area contributed by atoms with Crippen molar-refractivity contribution < 1.29 is 4.39 Å². The van der Waals surface area contributed by atoms with E-state index in [0.29, 0.717) is 0 Å². The minimum atomic E-state index is -0.190. The Bertz CT molecular complexity index is 638. The summed E-state index contributed by atoms with van der Waals surface area (Å²) in [6, 6.07) is 6.94. The third-order valence-electron chi connectivity index (χ3n) is 3.92. The van der Waals surface area contributed by atoms with Crippen LogP contribution in [-0.2, 0) is 6.42 Å². The van der Waals surface area contributed by atoms with Gasteiger partial charge in [-0.1, -0.05) is 25.5 Å². The molecule has 2 heterocycles. The van der Waals surface area contributed by atoms with Crippen molar-refractivity contribution in [3.63, 3.8) is 0 Å². The zero-order chi connectivity index (χ0) is 14.8. The van der Waals surface area contributed by atoms with Crippen LogP contribution in [0.4, 0.5) is 10.2 Å². The molecule has 1 unspecified atom stereocenters. The average Bonchev–Trinajstić information content (AvgIpc) is 2.82. The first kappa shape index (κ1) is 14.6. The smallest absolute Gasteiger partial charge is 0.139 e. The third kappa shape index (κ3) is 2.84. The first-order valence-electron chi connectivity index (χ1n) is 7.47. The molecule has 1 aliphatic heterocycles. The molecule has 0 radical (unpaired) electrons. The molecule has 0 aliphatic carbocycles. The van der Waals surface area contributed by atoms with E-state index in [1.165, 1.54) is 6.07 Å². The zero-order valence-corrected chi connectivity index (χ0v) is 13.7. The number of aryl methyl sites for hydroxylation is 1. The number of anilines is 1. The molecule has 0 spiro atoms. The Balaban J connectivity index is 1.98. The van der Waals surface area contributed by atoms with Gasteiger partial charge in [0.2, 0.25) is 0 Å². The van der Waals surface area contributed by atoms with Crippen molar-refractivity contribution in [3.05, 3.63) is 45.8 Å². The molecule has 0 bridgehead atoms. The van der Waals surface area contributed by atoms with Gasteiger partial charge in [0.15, 0.2) is 0 Å². The van der Waals surface area contributed by atoms with Crippen molar-refractivity contribution in [1.29, 1.82) is 0 Å². The molecule has 21 heavy (non-hydrogen) atoms. The van der Waals surface area contributed by atoms with Crippen LogP contribution >= 0.6 is 15.9 Å². The van der Waals surface area contributed by atoms with Gasteiger partial charge in [-0.2, -0.15) is 5.10 Å². The Morgan fingerprint density at radius 1 is 1.48 bits per heavy atom. The van der Waals surface area contributed by atoms with Gasteiger partial charge >= 0.3 is 0 Å². The van der Waals surface area contributed by atoms with E-state index in [4.69, 9.17) is 5.10 Å². The van der Waals surface area contributed by atoms with Crippen LogP contribution < -0.4 is 5.32 Å². The fourth-order valence-corrected chi connectivity index (χ4v) is 3.42. The number of nitrogens with one attached hydrogen (secondary N) is 1. The highest BCUT2D eigenvalue weighted by molar-refractivity contribution is 9.10. The predicted molar refractivity (Wildman–Crippen MR) is 86.2 cm³/mol. The third-order valence-corrected chi connectivity index (χ3v) is 4.76. The van der Waals surface area contributed by atoms with Gasteiger partial charge in [-0.3, -0.25) is 0 Å². The number of nitrogens with zero attached hydrogens (tertiary/aromatic N) is 2. The minimum Gasteiger partial charge on any atom is -0.369 e. The predicted octanol–water partition coefficient (Wildman–Crippen LogP) is 4.53. The molecule has 1 N–H and O–H groups in total. The molecule has 0 saturated heterocycles. The van der Waals surface area contributed by atoms with E-state index in [2.05, 4.69) is 28.2 Å². The molecule has 0 fully saturated rings. The highest BCUT2D eigenvalue weighted by atomic mass is 79.9. The van der Waals surface area contributed by atoms with E-state index >= 15 is 0 Å². The second-order valence-corrected chi connectivity index (χ2v) is 6.24. The zero-order valence-electron chi connectivity index (χ0n) is 12.1. The van der Waals surface area contributed by atoms with Crippen molar-refractivity contribution in [2.45, 2.75) is 38.6 Å². The number of benzene rings is 1. The van der Waals surface area contributed by atoms with Crippen molar-refractivity contribution in [2.24, 2.45) is 0 Å². The Labute approximate surface area is 132 Å². The van der Waals surface area contributed by atoms with Crippen LogP contribution in [0, 0.1) is 5.82 Å². The summed E-state index contributed by atoms with van der Waals surface area (Å²) in [4.78, 5) is 0. The Morgan fingerprint density at radius 2 is 2.33 bits per heavy atom. The molecule has 1 aromatic heterocycles. The molecule has 3 rings (SSSR count). The van der Waals surface area contributed by atoms with Crippen molar-refractivity contribution in [1.82, 2.24) is 9.78 Å². The molecule has 1 aliphatic rings. The fourth-order valence-electron chi connectivity index (χ4n) is 2.82. The minimum absolute atomic E-state index is 0.101. The van der Waals surface area contributed by atoms with Gasteiger partial charge in [-0.15, -0.1) is 0 Å². The maximum Gasteiger partial charge on any atom is 0.139 e. The number of halogens is 2. The molecule has 2 aromatic rings. The maximum absolute atomic E-state index is 13.5. The first-order chi connectivity index (χ1) is 10.2. The van der Waals surface area contributed by atoms with E-state index in [1.807, 2.05) is 10.7 Å². The summed E-state index contributed by atoms with van der Waals surface area (Å²) in [5.74, 6) is 0.826. The number of rotatable bonds is 4. The highest BCUT2D eigenvalue weighted by Crippen LogP contribution is 2.36. The van der Waals surface area contributed by atoms with Crippen LogP contribution in [0.15, 0.2) is 28.7 Å². The van der Waals surface area contributed by atoms with E-state index in [9.17, 15) is 4.39 Å². The SMILES string of the molecule is CCCCc1nn2c(c1Br)NCCC2c1cccc(F)c1. The van der Waals surface area contributed by atoms with Crippen molar-refractivity contribution in [2.75, 3.05) is 11.9 Å². The number of fused-ring (bicyclic) bond motifs is 1. The lowest BCUT2D eigenvalue weighted by atomic mass is 10.0. The molecule has 3 nitrogen and oxygen atoms in total. The van der Waals surface area contributed by atoms with Crippen molar-refractivity contribution >= 4 is 21.7 Å². The van der Waals surface area contributed by atoms with E-state index in [1.54, 1.807) is 12.1 Å². The van der Waals surface area contributed by atoms with E-state index < -0.39 is 0 Å². The standard InChI is InChI=1S/C16H19BrFN3/c1-2-3-7-13-15(17)16-19-9-8-14(21(16)20-13)11-5-4-6-12(18)10-11/h4-6,10,14,19H,2-3,7-9H2,1H3. The largest absolute Gasteiger partial charge is 0.369 e. The number of unbranched alkanes of at least 4 members (excludes halogenated alkanes) is 1. The summed E-state index contributed by atoms with van der Waals surface area (Å²) in [6.45, 7) is 3.05. The summed E-state index contributed by atoms with van der Waals surface area (Å²) in [5, 5.41) is 8.16. The van der Waals surface area contributed by atoms with Crippen LogP contribution in [0.3, 0.4) is 0 Å². The normalized spacial score (nSPS) is 17.4. The van der Waals surface area contributed by atoms with Gasteiger partial charge in [0.25, 0.3) is 0 Å². The lowest BCUT2D eigenvalue weighted by Gasteiger charge is -2.26.